The van der Waals surface area contributed by atoms with Crippen molar-refractivity contribution in [3.63, 3.8) is 0 Å². The summed E-state index contributed by atoms with van der Waals surface area (Å²) in [7, 11) is 0. The fraction of sp³-hybridized carbons (Fsp3) is 0.476. The molecular formula is C21H27ClN4O2. The van der Waals surface area contributed by atoms with Crippen LogP contribution in [0.25, 0.3) is 0 Å². The highest BCUT2D eigenvalue weighted by Crippen LogP contribution is 2.42. The number of nitrogens with two attached hydrogens (primary N) is 1. The molecule has 2 bridgehead atoms. The number of rotatable bonds is 4. The van der Waals surface area contributed by atoms with Crippen LogP contribution >= 0.6 is 12.4 Å². The maximum atomic E-state index is 12.8. The number of nitrogens with one attached hydrogen (secondary N) is 1. The van der Waals surface area contributed by atoms with Crippen molar-refractivity contribution in [2.24, 2.45) is 23.5 Å². The number of halogens is 1. The van der Waals surface area contributed by atoms with Gasteiger partial charge in [-0.05, 0) is 61.3 Å². The highest BCUT2D eigenvalue weighted by atomic mass is 35.5. The lowest BCUT2D eigenvalue weighted by molar-refractivity contribution is -0.122. The molecule has 1 aromatic heterocycles. The van der Waals surface area contributed by atoms with Crippen molar-refractivity contribution in [3.8, 4) is 0 Å². The highest BCUT2D eigenvalue weighted by Gasteiger charge is 2.40. The fourth-order valence-corrected chi connectivity index (χ4v) is 4.70. The van der Waals surface area contributed by atoms with Crippen molar-refractivity contribution in [2.45, 2.75) is 44.7 Å². The van der Waals surface area contributed by atoms with Gasteiger partial charge in [-0.3, -0.25) is 9.36 Å². The lowest BCUT2D eigenvalue weighted by Gasteiger charge is -2.43. The normalized spacial score (nSPS) is 26.2. The van der Waals surface area contributed by atoms with Gasteiger partial charge in [0.05, 0.1) is 6.54 Å². The second-order valence-electron chi connectivity index (χ2n) is 7.92. The van der Waals surface area contributed by atoms with Crippen LogP contribution in [0.15, 0.2) is 47.5 Å². The summed E-state index contributed by atoms with van der Waals surface area (Å²) in [6.07, 6.45) is 8.54. The maximum Gasteiger partial charge on any atom is 0.347 e. The Bertz CT molecular complexity index is 870. The average molecular weight is 403 g/mol. The number of carbonyl (C=O) groups is 1. The minimum Gasteiger partial charge on any atom is -0.327 e. The predicted octanol–water partition coefficient (Wildman–Crippen LogP) is 2.81. The number of amides is 1. The van der Waals surface area contributed by atoms with E-state index in [0.29, 0.717) is 18.4 Å². The Hall–Kier alpha value is -2.18. The quantitative estimate of drug-likeness (QED) is 0.822. The van der Waals surface area contributed by atoms with Gasteiger partial charge < -0.3 is 11.1 Å². The summed E-state index contributed by atoms with van der Waals surface area (Å²) in [6, 6.07) is 9.66. The first-order valence-corrected chi connectivity index (χ1v) is 9.77. The molecule has 0 spiro atoms. The molecule has 0 aliphatic heterocycles. The van der Waals surface area contributed by atoms with Gasteiger partial charge in [-0.1, -0.05) is 18.6 Å². The summed E-state index contributed by atoms with van der Waals surface area (Å²) < 4.78 is 1.55. The summed E-state index contributed by atoms with van der Waals surface area (Å²) in [5.74, 6) is 1.10. The molecule has 1 heterocycles. The van der Waals surface area contributed by atoms with Gasteiger partial charge in [-0.2, -0.15) is 0 Å². The van der Waals surface area contributed by atoms with E-state index in [-0.39, 0.29) is 36.0 Å². The molecule has 2 unspecified atom stereocenters. The molecule has 1 aromatic carbocycles. The van der Waals surface area contributed by atoms with Crippen LogP contribution in [0.4, 0.5) is 5.69 Å². The zero-order valence-electron chi connectivity index (χ0n) is 15.8. The van der Waals surface area contributed by atoms with Crippen LogP contribution in [0.3, 0.4) is 0 Å². The van der Waals surface area contributed by atoms with E-state index in [1.165, 1.54) is 12.6 Å². The zero-order valence-corrected chi connectivity index (χ0v) is 16.6. The second kappa shape index (κ2) is 8.88. The lowest BCUT2D eigenvalue weighted by Crippen LogP contribution is -2.48. The van der Waals surface area contributed by atoms with Crippen molar-refractivity contribution in [2.75, 3.05) is 5.32 Å². The fourth-order valence-electron chi connectivity index (χ4n) is 4.70. The van der Waals surface area contributed by atoms with Crippen LogP contribution in [0.1, 0.15) is 37.7 Å². The molecule has 6 nitrogen and oxygen atoms in total. The van der Waals surface area contributed by atoms with Crippen LogP contribution in [-0.2, 0) is 11.3 Å². The number of hydrogen-bond acceptors (Lipinski definition) is 4. The number of aromatic nitrogens is 2. The largest absolute Gasteiger partial charge is 0.347 e. The lowest BCUT2D eigenvalue weighted by atomic mass is 9.65. The van der Waals surface area contributed by atoms with Crippen LogP contribution in [-0.4, -0.2) is 21.5 Å². The third-order valence-electron chi connectivity index (χ3n) is 6.11. The molecule has 28 heavy (non-hydrogen) atoms. The average Bonchev–Trinajstić information content (AvgIpc) is 2.64. The predicted molar refractivity (Wildman–Crippen MR) is 111 cm³/mol. The Balaban J connectivity index is 0.00000225. The van der Waals surface area contributed by atoms with Crippen LogP contribution < -0.4 is 16.7 Å². The van der Waals surface area contributed by atoms with Crippen LogP contribution in [0.5, 0.6) is 0 Å². The number of carbonyl (C=O) groups excluding carboxylic acids is 1. The molecule has 2 atom stereocenters. The van der Waals surface area contributed by atoms with Crippen LogP contribution in [0.2, 0.25) is 0 Å². The molecule has 150 valence electrons. The van der Waals surface area contributed by atoms with E-state index in [4.69, 9.17) is 5.73 Å². The van der Waals surface area contributed by atoms with E-state index in [1.807, 2.05) is 24.3 Å². The standard InChI is InChI=1S/C21H26N4O2.ClH/c22-19-15-5-2-6-16(19)12-17(11-15)20(26)24-18-7-1-4-14(10-18)13-25-9-3-8-23-21(25)27;/h1,3-4,7-10,15-17,19H,2,5-6,11-13,22H2,(H,24,26);1H. The Morgan fingerprint density at radius 2 is 1.96 bits per heavy atom. The molecule has 2 fully saturated rings. The Morgan fingerprint density at radius 1 is 1.21 bits per heavy atom. The molecule has 2 aliphatic carbocycles. The van der Waals surface area contributed by atoms with Crippen molar-refractivity contribution < 1.29 is 4.79 Å². The van der Waals surface area contributed by atoms with Gasteiger partial charge in [0.25, 0.3) is 0 Å². The first kappa shape index (κ1) is 20.6. The second-order valence-corrected chi connectivity index (χ2v) is 7.92. The molecule has 0 radical (unpaired) electrons. The summed E-state index contributed by atoms with van der Waals surface area (Å²) in [4.78, 5) is 28.4. The Morgan fingerprint density at radius 3 is 2.68 bits per heavy atom. The topological polar surface area (TPSA) is 90.0 Å². The molecule has 3 N–H and O–H groups in total. The van der Waals surface area contributed by atoms with Gasteiger partial charge in [0.15, 0.2) is 0 Å². The van der Waals surface area contributed by atoms with Crippen molar-refractivity contribution in [1.29, 1.82) is 0 Å². The molecule has 2 saturated carbocycles. The van der Waals surface area contributed by atoms with Gasteiger partial charge in [-0.25, -0.2) is 9.78 Å². The van der Waals surface area contributed by atoms with Crippen molar-refractivity contribution in [1.82, 2.24) is 9.55 Å². The van der Waals surface area contributed by atoms with E-state index >= 15 is 0 Å². The number of benzene rings is 1. The summed E-state index contributed by atoms with van der Waals surface area (Å²) in [5.41, 5.74) is 7.78. The van der Waals surface area contributed by atoms with E-state index in [1.54, 1.807) is 16.8 Å². The zero-order chi connectivity index (χ0) is 18.8. The molecule has 0 saturated heterocycles. The summed E-state index contributed by atoms with van der Waals surface area (Å²) in [6.45, 7) is 0.429. The van der Waals surface area contributed by atoms with E-state index in [0.717, 1.165) is 36.9 Å². The Labute approximate surface area is 171 Å². The van der Waals surface area contributed by atoms with Gasteiger partial charge in [0, 0.05) is 30.0 Å². The number of anilines is 1. The third-order valence-corrected chi connectivity index (χ3v) is 6.11. The Kier molecular flexibility index (Phi) is 6.52. The SMILES string of the molecule is Cl.NC1C2CCCC1CC(C(=O)Nc1cccc(Cn3cccnc3=O)c1)C2. The van der Waals surface area contributed by atoms with Gasteiger partial charge in [0.2, 0.25) is 5.91 Å². The third kappa shape index (κ3) is 4.45. The number of fused-ring (bicyclic) bond motifs is 2. The molecule has 4 rings (SSSR count). The van der Waals surface area contributed by atoms with Crippen LogP contribution in [0, 0.1) is 17.8 Å². The van der Waals surface area contributed by atoms with E-state index in [2.05, 4.69) is 10.3 Å². The first-order chi connectivity index (χ1) is 13.1. The smallest absolute Gasteiger partial charge is 0.327 e. The van der Waals surface area contributed by atoms with Gasteiger partial charge in [0.1, 0.15) is 0 Å². The van der Waals surface area contributed by atoms with E-state index in [9.17, 15) is 9.59 Å². The molecule has 7 heteroatoms. The van der Waals surface area contributed by atoms with Gasteiger partial charge in [-0.15, -0.1) is 12.4 Å². The highest BCUT2D eigenvalue weighted by molar-refractivity contribution is 5.92. The van der Waals surface area contributed by atoms with E-state index < -0.39 is 0 Å². The summed E-state index contributed by atoms with van der Waals surface area (Å²) in [5, 5.41) is 3.07. The minimum absolute atomic E-state index is 0. The van der Waals surface area contributed by atoms with Gasteiger partial charge >= 0.3 is 5.69 Å². The first-order valence-electron chi connectivity index (χ1n) is 9.77. The summed E-state index contributed by atoms with van der Waals surface area (Å²) >= 11 is 0. The molecule has 2 aromatic rings. The van der Waals surface area contributed by atoms with Crippen molar-refractivity contribution >= 4 is 24.0 Å². The maximum absolute atomic E-state index is 12.8. The number of nitrogens with zero attached hydrogens (tertiary/aromatic N) is 2. The monoisotopic (exact) mass is 402 g/mol. The number of hydrogen-bond donors (Lipinski definition) is 2. The minimum atomic E-state index is -0.281. The molecule has 2 aliphatic rings. The van der Waals surface area contributed by atoms with Crippen molar-refractivity contribution in [3.05, 3.63) is 58.8 Å². The molecular weight excluding hydrogens is 376 g/mol. The molecule has 1 amide bonds.